The summed E-state index contributed by atoms with van der Waals surface area (Å²) < 4.78 is 0. The first-order chi connectivity index (χ1) is 9.54. The van der Waals surface area contributed by atoms with E-state index in [2.05, 4.69) is 6.92 Å². The molecule has 0 amide bonds. The van der Waals surface area contributed by atoms with Crippen LogP contribution in [0.1, 0.15) is 62.2 Å². The second kappa shape index (κ2) is 9.15. The standard InChI is InChI=1S/C16H20Cl2O2/c1-2-3-4-5-6-7-13(19)11-16(20)12-8-9-14(17)15(18)10-12/h8-10H,2-7,11H2,1H3. The van der Waals surface area contributed by atoms with Gasteiger partial charge >= 0.3 is 0 Å². The van der Waals surface area contributed by atoms with Crippen LogP contribution in [0.15, 0.2) is 18.2 Å². The molecule has 1 rings (SSSR count). The van der Waals surface area contributed by atoms with Crippen molar-refractivity contribution < 1.29 is 9.59 Å². The van der Waals surface area contributed by atoms with Gasteiger partial charge in [0.1, 0.15) is 5.78 Å². The van der Waals surface area contributed by atoms with Gasteiger partial charge in [-0.1, -0.05) is 55.8 Å². The maximum atomic E-state index is 11.9. The average Bonchev–Trinajstić information content (AvgIpc) is 2.41. The third-order valence-corrected chi connectivity index (χ3v) is 3.90. The molecule has 20 heavy (non-hydrogen) atoms. The predicted octanol–water partition coefficient (Wildman–Crippen LogP) is 5.50. The van der Waals surface area contributed by atoms with Crippen LogP contribution in [0.4, 0.5) is 0 Å². The molecule has 0 aromatic heterocycles. The summed E-state index contributed by atoms with van der Waals surface area (Å²) in [4.78, 5) is 23.7. The van der Waals surface area contributed by atoms with Crippen molar-refractivity contribution in [1.29, 1.82) is 0 Å². The Kier molecular flexibility index (Phi) is 7.86. The highest BCUT2D eigenvalue weighted by molar-refractivity contribution is 6.42. The molecule has 0 bridgehead atoms. The first-order valence-corrected chi connectivity index (χ1v) is 7.80. The van der Waals surface area contributed by atoms with Crippen LogP contribution >= 0.6 is 23.2 Å². The number of rotatable bonds is 9. The van der Waals surface area contributed by atoms with Crippen molar-refractivity contribution in [1.82, 2.24) is 0 Å². The third-order valence-electron chi connectivity index (χ3n) is 3.16. The largest absolute Gasteiger partial charge is 0.299 e. The Bertz CT molecular complexity index is 470. The topological polar surface area (TPSA) is 34.1 Å². The summed E-state index contributed by atoms with van der Waals surface area (Å²) in [6.07, 6.45) is 5.90. The van der Waals surface area contributed by atoms with Gasteiger partial charge in [-0.05, 0) is 24.6 Å². The van der Waals surface area contributed by atoms with Gasteiger partial charge in [0.15, 0.2) is 5.78 Å². The number of halogens is 2. The molecule has 1 aromatic rings. The van der Waals surface area contributed by atoms with Gasteiger partial charge in [-0.25, -0.2) is 0 Å². The summed E-state index contributed by atoms with van der Waals surface area (Å²) in [6.45, 7) is 2.15. The number of unbranched alkanes of at least 4 members (excludes halogenated alkanes) is 4. The first-order valence-electron chi connectivity index (χ1n) is 7.04. The van der Waals surface area contributed by atoms with Gasteiger partial charge in [0, 0.05) is 12.0 Å². The summed E-state index contributed by atoms with van der Waals surface area (Å²) in [6, 6.07) is 4.69. The van der Waals surface area contributed by atoms with E-state index in [1.165, 1.54) is 18.9 Å². The molecule has 2 nitrogen and oxygen atoms in total. The molecule has 0 unspecified atom stereocenters. The second-order valence-corrected chi connectivity index (χ2v) is 5.75. The van der Waals surface area contributed by atoms with E-state index < -0.39 is 0 Å². The Morgan fingerprint density at radius 2 is 1.70 bits per heavy atom. The van der Waals surface area contributed by atoms with E-state index in [0.717, 1.165) is 19.3 Å². The van der Waals surface area contributed by atoms with E-state index in [0.29, 0.717) is 22.0 Å². The van der Waals surface area contributed by atoms with Gasteiger partial charge in [0.05, 0.1) is 16.5 Å². The summed E-state index contributed by atoms with van der Waals surface area (Å²) in [7, 11) is 0. The molecule has 110 valence electrons. The Hall–Kier alpha value is -0.860. The number of carbonyl (C=O) groups is 2. The Morgan fingerprint density at radius 1 is 1.00 bits per heavy atom. The van der Waals surface area contributed by atoms with E-state index in [9.17, 15) is 9.59 Å². The highest BCUT2D eigenvalue weighted by Gasteiger charge is 2.12. The minimum atomic E-state index is -0.192. The van der Waals surface area contributed by atoms with Crippen molar-refractivity contribution in [3.05, 3.63) is 33.8 Å². The fourth-order valence-electron chi connectivity index (χ4n) is 1.96. The van der Waals surface area contributed by atoms with Gasteiger partial charge in [0.2, 0.25) is 0 Å². The number of Topliss-reactive ketones (excluding diaryl/α,β-unsaturated/α-hetero) is 2. The predicted molar refractivity (Wildman–Crippen MR) is 83.8 cm³/mol. The number of hydrogen-bond donors (Lipinski definition) is 0. The van der Waals surface area contributed by atoms with E-state index in [-0.39, 0.29) is 18.0 Å². The molecule has 0 spiro atoms. The van der Waals surface area contributed by atoms with Crippen molar-refractivity contribution in [3.8, 4) is 0 Å². The number of carbonyl (C=O) groups excluding carboxylic acids is 2. The summed E-state index contributed by atoms with van der Waals surface area (Å²) in [5, 5.41) is 0.745. The molecule has 0 aliphatic heterocycles. The Balaban J connectivity index is 2.37. The highest BCUT2D eigenvalue weighted by Crippen LogP contribution is 2.23. The van der Waals surface area contributed by atoms with Crippen molar-refractivity contribution >= 4 is 34.8 Å². The molecule has 0 aliphatic rings. The lowest BCUT2D eigenvalue weighted by molar-refractivity contribution is -0.118. The molecular weight excluding hydrogens is 295 g/mol. The molecule has 1 aromatic carbocycles. The van der Waals surface area contributed by atoms with Crippen LogP contribution in [-0.4, -0.2) is 11.6 Å². The van der Waals surface area contributed by atoms with Crippen LogP contribution in [0.2, 0.25) is 10.0 Å². The smallest absolute Gasteiger partial charge is 0.170 e. The van der Waals surface area contributed by atoms with Gasteiger partial charge in [-0.3, -0.25) is 9.59 Å². The minimum absolute atomic E-state index is 0.00225. The fourth-order valence-corrected chi connectivity index (χ4v) is 2.26. The van der Waals surface area contributed by atoms with Crippen molar-refractivity contribution in [2.75, 3.05) is 0 Å². The molecule has 0 saturated carbocycles. The van der Waals surface area contributed by atoms with Gasteiger partial charge in [-0.15, -0.1) is 0 Å². The zero-order valence-corrected chi connectivity index (χ0v) is 13.3. The lowest BCUT2D eigenvalue weighted by atomic mass is 10.0. The molecule has 0 atom stereocenters. The SMILES string of the molecule is CCCCCCCC(=O)CC(=O)c1ccc(Cl)c(Cl)c1. The second-order valence-electron chi connectivity index (χ2n) is 4.93. The molecule has 0 saturated heterocycles. The Morgan fingerprint density at radius 3 is 2.35 bits per heavy atom. The molecule has 4 heteroatoms. The van der Waals surface area contributed by atoms with Crippen LogP contribution < -0.4 is 0 Å². The van der Waals surface area contributed by atoms with Crippen LogP contribution in [0.5, 0.6) is 0 Å². The van der Waals surface area contributed by atoms with Gasteiger partial charge in [0.25, 0.3) is 0 Å². The number of ketones is 2. The fraction of sp³-hybridized carbons (Fsp3) is 0.500. The van der Waals surface area contributed by atoms with E-state index in [1.54, 1.807) is 12.1 Å². The van der Waals surface area contributed by atoms with E-state index in [4.69, 9.17) is 23.2 Å². The molecule has 0 aliphatic carbocycles. The van der Waals surface area contributed by atoms with Crippen LogP contribution in [0, 0.1) is 0 Å². The third kappa shape index (κ3) is 6.06. The average molecular weight is 315 g/mol. The first kappa shape index (κ1) is 17.2. The van der Waals surface area contributed by atoms with Crippen molar-refractivity contribution in [2.24, 2.45) is 0 Å². The summed E-state index contributed by atoms with van der Waals surface area (Å²) in [5.41, 5.74) is 0.443. The Labute approximate surface area is 130 Å². The molecule has 0 radical (unpaired) electrons. The maximum absolute atomic E-state index is 11.9. The summed E-state index contributed by atoms with van der Waals surface area (Å²) in [5.74, 6) is -0.195. The molecular formula is C16H20Cl2O2. The lowest BCUT2D eigenvalue weighted by Crippen LogP contribution is -2.08. The van der Waals surface area contributed by atoms with E-state index in [1.807, 2.05) is 0 Å². The zero-order chi connectivity index (χ0) is 15.0. The monoisotopic (exact) mass is 314 g/mol. The molecule has 0 heterocycles. The highest BCUT2D eigenvalue weighted by atomic mass is 35.5. The van der Waals surface area contributed by atoms with Crippen molar-refractivity contribution in [3.63, 3.8) is 0 Å². The molecule has 0 N–H and O–H groups in total. The van der Waals surface area contributed by atoms with Gasteiger partial charge < -0.3 is 0 Å². The summed E-state index contributed by atoms with van der Waals surface area (Å²) >= 11 is 11.6. The van der Waals surface area contributed by atoms with Crippen LogP contribution in [-0.2, 0) is 4.79 Å². The minimum Gasteiger partial charge on any atom is -0.299 e. The normalized spacial score (nSPS) is 10.6. The lowest BCUT2D eigenvalue weighted by Gasteiger charge is -2.03. The number of benzene rings is 1. The van der Waals surface area contributed by atoms with Crippen molar-refractivity contribution in [2.45, 2.75) is 51.9 Å². The van der Waals surface area contributed by atoms with Gasteiger partial charge in [-0.2, -0.15) is 0 Å². The maximum Gasteiger partial charge on any atom is 0.170 e. The molecule has 0 fully saturated rings. The van der Waals surface area contributed by atoms with E-state index >= 15 is 0 Å². The zero-order valence-electron chi connectivity index (χ0n) is 11.8. The number of hydrogen-bond acceptors (Lipinski definition) is 2. The quantitative estimate of drug-likeness (QED) is 0.343. The van der Waals surface area contributed by atoms with Crippen LogP contribution in [0.25, 0.3) is 0 Å². The van der Waals surface area contributed by atoms with Crippen LogP contribution in [0.3, 0.4) is 0 Å².